The average Bonchev–Trinajstić information content (AvgIpc) is 3.75. The van der Waals surface area contributed by atoms with Crippen molar-refractivity contribution in [2.75, 3.05) is 25.1 Å². The number of likely N-dealkylation sites (tertiary alicyclic amines) is 1. The van der Waals surface area contributed by atoms with Crippen LogP contribution in [0, 0.1) is 5.41 Å². The van der Waals surface area contributed by atoms with Crippen LogP contribution in [0.2, 0.25) is 0 Å². The maximum Gasteiger partial charge on any atom is 0.416 e. The van der Waals surface area contributed by atoms with Gasteiger partial charge in [-0.25, -0.2) is 14.8 Å². The molecule has 3 heterocycles. The highest BCUT2D eigenvalue weighted by molar-refractivity contribution is 5.76. The number of benzene rings is 1. The van der Waals surface area contributed by atoms with Gasteiger partial charge in [0.2, 0.25) is 5.95 Å². The number of carbonyl (C=O) groups is 2. The molecular formula is C34H42F6N6O4. The Balaban J connectivity index is 1.46. The zero-order chi connectivity index (χ0) is 36.4. The summed E-state index contributed by atoms with van der Waals surface area (Å²) in [4.78, 5) is 38.0. The minimum atomic E-state index is -5.01. The van der Waals surface area contributed by atoms with Gasteiger partial charge in [0.15, 0.2) is 0 Å². The Morgan fingerprint density at radius 3 is 1.98 bits per heavy atom. The van der Waals surface area contributed by atoms with Gasteiger partial charge in [-0.3, -0.25) is 9.80 Å². The number of alkyl halides is 6. The number of aromatic nitrogens is 2. The first kappa shape index (κ1) is 37.2. The van der Waals surface area contributed by atoms with Gasteiger partial charge in [-0.15, -0.1) is 0 Å². The first-order valence-electron chi connectivity index (χ1n) is 16.8. The Bertz CT molecular complexity index is 1500. The fourth-order valence-corrected chi connectivity index (χ4v) is 7.38. The van der Waals surface area contributed by atoms with Crippen molar-refractivity contribution in [1.82, 2.24) is 19.9 Å². The van der Waals surface area contributed by atoms with Gasteiger partial charge in [0.1, 0.15) is 12.0 Å². The van der Waals surface area contributed by atoms with Crippen LogP contribution in [0.1, 0.15) is 93.4 Å². The first-order chi connectivity index (χ1) is 23.5. The van der Waals surface area contributed by atoms with Crippen LogP contribution in [0.4, 0.5) is 37.1 Å². The lowest BCUT2D eigenvalue weighted by Crippen LogP contribution is -2.57. The molecule has 1 amide bonds. The van der Waals surface area contributed by atoms with E-state index < -0.39 is 59.1 Å². The van der Waals surface area contributed by atoms with E-state index in [2.05, 4.69) is 15.1 Å². The summed E-state index contributed by atoms with van der Waals surface area (Å²) in [6, 6.07) is 0.199. The maximum atomic E-state index is 13.8. The third-order valence-corrected chi connectivity index (χ3v) is 10.2. The Morgan fingerprint density at radius 1 is 0.960 bits per heavy atom. The number of carbonyl (C=O) groups excluding carboxylic acids is 1. The van der Waals surface area contributed by atoms with Gasteiger partial charge in [-0.1, -0.05) is 26.7 Å². The van der Waals surface area contributed by atoms with E-state index in [1.54, 1.807) is 33.4 Å². The smallest absolute Gasteiger partial charge is 0.416 e. The summed E-state index contributed by atoms with van der Waals surface area (Å²) in [5, 5.41) is 15.8. The fraction of sp³-hybridized carbons (Fsp3) is 0.618. The lowest BCUT2D eigenvalue weighted by atomic mass is 9.87. The second-order valence-corrected chi connectivity index (χ2v) is 13.6. The van der Waals surface area contributed by atoms with E-state index >= 15 is 0 Å². The van der Waals surface area contributed by atoms with Crippen molar-refractivity contribution >= 4 is 24.2 Å². The summed E-state index contributed by atoms with van der Waals surface area (Å²) in [6.07, 6.45) is -1.95. The van der Waals surface area contributed by atoms with E-state index in [1.807, 2.05) is 20.9 Å². The summed E-state index contributed by atoms with van der Waals surface area (Å²) in [6.45, 7) is 3.72. The molecule has 2 aromatic rings. The molecule has 16 heteroatoms. The van der Waals surface area contributed by atoms with Crippen LogP contribution in [0.5, 0.6) is 0 Å². The van der Waals surface area contributed by atoms with E-state index in [1.165, 1.54) is 0 Å². The molecule has 50 heavy (non-hydrogen) atoms. The van der Waals surface area contributed by atoms with E-state index in [0.29, 0.717) is 57.2 Å². The van der Waals surface area contributed by atoms with Gasteiger partial charge in [0.05, 0.1) is 11.1 Å². The molecule has 4 atom stereocenters. The van der Waals surface area contributed by atoms with Crippen molar-refractivity contribution in [3.05, 3.63) is 52.8 Å². The van der Waals surface area contributed by atoms with Crippen LogP contribution in [0.15, 0.2) is 35.7 Å². The average molecular weight is 713 g/mol. The van der Waals surface area contributed by atoms with Crippen molar-refractivity contribution in [1.29, 1.82) is 0 Å². The molecule has 274 valence electrons. The summed E-state index contributed by atoms with van der Waals surface area (Å²) >= 11 is 0. The number of ether oxygens (including phenoxy) is 1. The molecule has 5 rings (SSSR count). The van der Waals surface area contributed by atoms with Crippen LogP contribution < -0.4 is 4.90 Å². The molecule has 1 aromatic heterocycles. The molecule has 0 spiro atoms. The molecule has 0 radical (unpaired) electrons. The van der Waals surface area contributed by atoms with E-state index in [4.69, 9.17) is 4.74 Å². The van der Waals surface area contributed by atoms with Crippen LogP contribution >= 0.6 is 0 Å². The van der Waals surface area contributed by atoms with E-state index in [0.717, 1.165) is 18.4 Å². The van der Waals surface area contributed by atoms with Gasteiger partial charge in [-0.05, 0) is 67.9 Å². The lowest BCUT2D eigenvalue weighted by molar-refractivity contribution is -0.151. The molecule has 1 aromatic carbocycles. The molecule has 2 aliphatic heterocycles. The topological polar surface area (TPSA) is 111 Å². The van der Waals surface area contributed by atoms with Crippen molar-refractivity contribution in [3.63, 3.8) is 0 Å². The Hall–Kier alpha value is -4.11. The van der Waals surface area contributed by atoms with Crippen molar-refractivity contribution in [3.8, 4) is 0 Å². The molecule has 0 bridgehead atoms. The lowest BCUT2D eigenvalue weighted by Gasteiger charge is -2.47. The first-order valence-corrected chi connectivity index (χ1v) is 16.8. The molecule has 10 nitrogen and oxygen atoms in total. The molecule has 1 saturated carbocycles. The van der Waals surface area contributed by atoms with Crippen molar-refractivity contribution in [2.45, 2.75) is 108 Å². The van der Waals surface area contributed by atoms with Crippen LogP contribution in [-0.2, 0) is 28.4 Å². The van der Waals surface area contributed by atoms with Gasteiger partial charge < -0.3 is 19.6 Å². The zero-order valence-electron chi connectivity index (χ0n) is 28.2. The third kappa shape index (κ3) is 8.09. The quantitative estimate of drug-likeness (QED) is 0.255. The molecule has 1 unspecified atom stereocenters. The fourth-order valence-electron chi connectivity index (χ4n) is 7.38. The van der Waals surface area contributed by atoms with Gasteiger partial charge in [0, 0.05) is 62.8 Å². The number of carboxylic acid groups (broad SMARTS) is 1. The van der Waals surface area contributed by atoms with Gasteiger partial charge in [-0.2, -0.15) is 31.4 Å². The van der Waals surface area contributed by atoms with Crippen molar-refractivity contribution < 1.29 is 45.8 Å². The Morgan fingerprint density at radius 2 is 1.52 bits per heavy atom. The highest BCUT2D eigenvalue weighted by Crippen LogP contribution is 2.41. The second-order valence-electron chi connectivity index (χ2n) is 13.6. The number of hydrogen-bond acceptors (Lipinski definition) is 8. The Kier molecular flexibility index (Phi) is 10.9. The number of piperidine rings is 1. The number of carboxylic acids is 1. The van der Waals surface area contributed by atoms with E-state index in [9.17, 15) is 41.0 Å². The number of anilines is 1. The summed E-state index contributed by atoms with van der Waals surface area (Å²) in [7, 11) is 1.81. The highest BCUT2D eigenvalue weighted by Gasteiger charge is 2.45. The van der Waals surface area contributed by atoms with Crippen molar-refractivity contribution in [2.24, 2.45) is 10.5 Å². The molecule has 3 aliphatic rings. The molecule has 2 fully saturated rings. The number of aliphatic carboxylic acids is 1. The third-order valence-electron chi connectivity index (χ3n) is 10.2. The number of hydrazone groups is 1. The standard InChI is InChI=1S/C34H42F6N6O4/c1-4-26-13-28(14-27(5-2)46(26)31(49)50-20-32(29(47)48)8-6-7-9-32)45(30-41-15-22(16-42-30)23-17-43-44(3)19-23)18-21-10-24(33(35,36)37)12-25(11-21)34(38,39)40/h10-12,15-17,23,26-28H,4-9,13-14,18-20H2,1-3H3,(H,47,48)/t23?,26-,27+,28+. The number of nitrogens with zero attached hydrogens (tertiary/aromatic N) is 6. The molecule has 1 N–H and O–H groups in total. The second kappa shape index (κ2) is 14.6. The SMILES string of the molecule is CC[C@@H]1C[C@H](N(Cc2cc(C(F)(F)F)cc(C(F)(F)F)c2)c2ncc(C3C=NN(C)C3)cn2)C[C@H](CC)N1C(=O)OCC1(C(=O)O)CCCC1. The number of rotatable bonds is 10. The number of amides is 1. The predicted octanol–water partition coefficient (Wildman–Crippen LogP) is 7.34. The minimum absolute atomic E-state index is 0.0898. The molecule has 1 aliphatic carbocycles. The summed E-state index contributed by atoms with van der Waals surface area (Å²) < 4.78 is 88.5. The molecular weight excluding hydrogens is 670 g/mol. The summed E-state index contributed by atoms with van der Waals surface area (Å²) in [5.41, 5.74) is -3.43. The van der Waals surface area contributed by atoms with Crippen LogP contribution in [0.3, 0.4) is 0 Å². The largest absolute Gasteiger partial charge is 0.481 e. The Labute approximate surface area is 286 Å². The van der Waals surface area contributed by atoms with E-state index in [-0.39, 0.29) is 36.6 Å². The number of halogens is 6. The molecule has 1 saturated heterocycles. The minimum Gasteiger partial charge on any atom is -0.481 e. The highest BCUT2D eigenvalue weighted by atomic mass is 19.4. The number of hydrogen-bond donors (Lipinski definition) is 1. The normalized spacial score (nSPS) is 23.7. The summed E-state index contributed by atoms with van der Waals surface area (Å²) in [5.74, 6) is -0.968. The zero-order valence-corrected chi connectivity index (χ0v) is 28.2. The number of likely N-dealkylation sites (N-methyl/N-ethyl adjacent to an activating group) is 1. The van der Waals surface area contributed by atoms with Crippen LogP contribution in [0.25, 0.3) is 0 Å². The van der Waals surface area contributed by atoms with Crippen LogP contribution in [-0.4, -0.2) is 81.6 Å². The maximum absolute atomic E-state index is 13.8. The van der Waals surface area contributed by atoms with Gasteiger partial charge in [0.25, 0.3) is 0 Å². The monoisotopic (exact) mass is 712 g/mol. The predicted molar refractivity (Wildman–Crippen MR) is 171 cm³/mol. The van der Waals surface area contributed by atoms with Gasteiger partial charge >= 0.3 is 24.4 Å².